The lowest BCUT2D eigenvalue weighted by Crippen LogP contribution is -2.64. The molecule has 2 spiro atoms. The first-order valence-electron chi connectivity index (χ1n) is 12.9. The molecule has 6 aliphatic rings. The van der Waals surface area contributed by atoms with Crippen molar-refractivity contribution in [2.24, 2.45) is 34.0 Å². The lowest BCUT2D eigenvalue weighted by Gasteiger charge is -2.54. The first-order chi connectivity index (χ1) is 17.3. The van der Waals surface area contributed by atoms with Gasteiger partial charge in [0.25, 0.3) is 0 Å². The molecule has 12 atom stereocenters. The van der Waals surface area contributed by atoms with Crippen LogP contribution in [0.25, 0.3) is 0 Å². The van der Waals surface area contributed by atoms with Crippen LogP contribution in [0.1, 0.15) is 58.1 Å². The van der Waals surface area contributed by atoms with Gasteiger partial charge in [0, 0.05) is 33.6 Å². The van der Waals surface area contributed by atoms with Gasteiger partial charge in [-0.2, -0.15) is 0 Å². The number of Topliss-reactive ketones (excluding diaryl/α,β-unsaturated/α-hetero) is 1. The van der Waals surface area contributed by atoms with Crippen LogP contribution in [0.5, 0.6) is 0 Å². The van der Waals surface area contributed by atoms with E-state index in [0.29, 0.717) is 18.4 Å². The smallest absolute Gasteiger partial charge is 0.335 e. The average molecular weight is 517 g/mol. The summed E-state index contributed by atoms with van der Waals surface area (Å²) in [7, 11) is 1.17. The molecule has 4 aliphatic carbocycles. The van der Waals surface area contributed by atoms with Gasteiger partial charge in [-0.15, -0.1) is 0 Å². The molecular weight excluding hydrogens is 484 g/mol. The van der Waals surface area contributed by atoms with Crippen LogP contribution in [0.15, 0.2) is 23.0 Å². The molecule has 10 heteroatoms. The Bertz CT molecular complexity index is 1240. The van der Waals surface area contributed by atoms with Gasteiger partial charge in [0.15, 0.2) is 11.9 Å². The van der Waals surface area contributed by atoms with E-state index >= 15 is 0 Å². The summed E-state index contributed by atoms with van der Waals surface area (Å²) in [4.78, 5) is 39.8. The highest BCUT2D eigenvalue weighted by Gasteiger charge is 2.99. The molecule has 3 heterocycles. The molecule has 200 valence electrons. The van der Waals surface area contributed by atoms with Gasteiger partial charge in [-0.05, 0) is 25.3 Å². The van der Waals surface area contributed by atoms with Crippen LogP contribution >= 0.6 is 0 Å². The number of carbonyl (C=O) groups is 3. The fourth-order valence-corrected chi connectivity index (χ4v) is 10.6. The largest absolute Gasteiger partial charge is 0.472 e. The Morgan fingerprint density at radius 1 is 1.24 bits per heavy atom. The molecule has 37 heavy (non-hydrogen) atoms. The van der Waals surface area contributed by atoms with Gasteiger partial charge in [-0.1, -0.05) is 20.8 Å². The number of cyclic esters (lactones) is 1. The number of ether oxygens (including phenoxy) is 3. The number of ketones is 1. The quantitative estimate of drug-likeness (QED) is 0.392. The number of methoxy groups -OCH3 is 1. The van der Waals surface area contributed by atoms with Gasteiger partial charge in [0.1, 0.15) is 23.4 Å². The Hall–Kier alpha value is -2.27. The second kappa shape index (κ2) is 6.47. The van der Waals surface area contributed by atoms with Crippen molar-refractivity contribution in [2.45, 2.75) is 81.6 Å². The zero-order valence-electron chi connectivity index (χ0n) is 21.2. The zero-order chi connectivity index (χ0) is 26.6. The van der Waals surface area contributed by atoms with E-state index < -0.39 is 86.8 Å². The maximum Gasteiger partial charge on any atom is 0.335 e. The molecule has 1 aromatic heterocycles. The highest BCUT2D eigenvalue weighted by Crippen LogP contribution is 2.88. The number of fused-ring (bicyclic) bond motifs is 2. The minimum absolute atomic E-state index is 0.0107. The number of rotatable bonds is 3. The molecule has 0 radical (unpaired) electrons. The number of furan rings is 1. The highest BCUT2D eigenvalue weighted by molar-refractivity contribution is 5.93. The monoisotopic (exact) mass is 516 g/mol. The molecule has 0 amide bonds. The summed E-state index contributed by atoms with van der Waals surface area (Å²) < 4.78 is 22.7. The third kappa shape index (κ3) is 2.11. The molecular formula is C27H32O10. The Labute approximate surface area is 213 Å². The summed E-state index contributed by atoms with van der Waals surface area (Å²) >= 11 is 0. The van der Waals surface area contributed by atoms with Crippen LogP contribution in [-0.4, -0.2) is 69.2 Å². The van der Waals surface area contributed by atoms with Crippen LogP contribution < -0.4 is 0 Å². The summed E-state index contributed by atoms with van der Waals surface area (Å²) in [5.74, 6) is -4.48. The van der Waals surface area contributed by atoms with E-state index in [1.54, 1.807) is 19.9 Å². The summed E-state index contributed by atoms with van der Waals surface area (Å²) in [6.07, 6.45) is 0.133. The van der Waals surface area contributed by atoms with Gasteiger partial charge >= 0.3 is 11.9 Å². The number of esters is 2. The number of hydrogen-bond acceptors (Lipinski definition) is 10. The van der Waals surface area contributed by atoms with Gasteiger partial charge < -0.3 is 33.9 Å². The molecule has 0 unspecified atom stereocenters. The van der Waals surface area contributed by atoms with Crippen molar-refractivity contribution in [1.29, 1.82) is 0 Å². The molecule has 10 nitrogen and oxygen atoms in total. The Kier molecular flexibility index (Phi) is 4.17. The molecule has 0 aromatic carbocycles. The molecule has 6 fully saturated rings. The van der Waals surface area contributed by atoms with E-state index in [1.807, 2.05) is 6.92 Å². The van der Waals surface area contributed by atoms with E-state index in [9.17, 15) is 29.7 Å². The standard InChI is InChI=1S/C27H32O10/c1-22-11-25(33)18(15(29)19(22)31)27-13(24(25,3)17(22)16(30)21(32)34-4)5-7-23(2)20(12-6-8-35-10-12)36-14(28)9-26(23,27)37-27/h6,8,10,13,16-20,30-31,33H,5,7,9,11H2,1-4H3/t13-,16-,17-,18-,19+,20-,22-,23-,24+,25-,26-,27-/m0/s1. The predicted molar refractivity (Wildman–Crippen MR) is 121 cm³/mol. The topological polar surface area (TPSA) is 156 Å². The van der Waals surface area contributed by atoms with Crippen molar-refractivity contribution in [1.82, 2.24) is 0 Å². The fraction of sp³-hybridized carbons (Fsp3) is 0.741. The lowest BCUT2D eigenvalue weighted by molar-refractivity contribution is -0.185. The van der Waals surface area contributed by atoms with E-state index in [4.69, 9.17) is 18.6 Å². The SMILES string of the molecule is COC(=O)[C@@H](O)[C@H]1[C@]2(C)C[C@]3(O)[C@H](C(=O)[C@H]2O)[C@]24O[C@]25CC(=O)O[C@@H](c2ccoc2)[C@]5(C)CC[C@H]4[C@]13C. The number of aliphatic hydroxyl groups is 3. The Balaban J connectivity index is 1.45. The van der Waals surface area contributed by atoms with Crippen molar-refractivity contribution in [3.63, 3.8) is 0 Å². The molecule has 2 saturated heterocycles. The summed E-state index contributed by atoms with van der Waals surface area (Å²) in [6.45, 7) is 5.44. The highest BCUT2D eigenvalue weighted by atomic mass is 16.7. The normalized spacial score (nSPS) is 55.6. The van der Waals surface area contributed by atoms with Crippen LogP contribution in [-0.2, 0) is 28.6 Å². The number of epoxide rings is 1. The summed E-state index contributed by atoms with van der Waals surface area (Å²) in [6, 6.07) is 1.74. The third-order valence-corrected chi connectivity index (χ3v) is 11.9. The number of carbonyl (C=O) groups excluding carboxylic acids is 3. The van der Waals surface area contributed by atoms with E-state index in [2.05, 4.69) is 0 Å². The van der Waals surface area contributed by atoms with E-state index in [1.165, 1.54) is 19.6 Å². The molecule has 2 bridgehead atoms. The summed E-state index contributed by atoms with van der Waals surface area (Å²) in [5.41, 5.74) is -6.52. The molecule has 1 aromatic rings. The van der Waals surface area contributed by atoms with Gasteiger partial charge in [0.05, 0.1) is 37.6 Å². The van der Waals surface area contributed by atoms with Crippen molar-refractivity contribution >= 4 is 17.7 Å². The number of hydrogen-bond donors (Lipinski definition) is 3. The Morgan fingerprint density at radius 2 is 1.97 bits per heavy atom. The minimum atomic E-state index is -1.66. The molecule has 2 aliphatic heterocycles. The average Bonchev–Trinajstić information content (AvgIpc) is 3.11. The number of aliphatic hydroxyl groups excluding tert-OH is 2. The third-order valence-electron chi connectivity index (χ3n) is 11.9. The fourth-order valence-electron chi connectivity index (χ4n) is 10.6. The zero-order valence-corrected chi connectivity index (χ0v) is 21.2. The molecule has 4 saturated carbocycles. The van der Waals surface area contributed by atoms with Crippen LogP contribution in [0.3, 0.4) is 0 Å². The van der Waals surface area contributed by atoms with E-state index in [-0.39, 0.29) is 12.8 Å². The molecule has 3 N–H and O–H groups in total. The van der Waals surface area contributed by atoms with Crippen molar-refractivity contribution in [2.75, 3.05) is 7.11 Å². The van der Waals surface area contributed by atoms with Crippen molar-refractivity contribution in [3.05, 3.63) is 24.2 Å². The van der Waals surface area contributed by atoms with Crippen LogP contribution in [0, 0.1) is 34.0 Å². The maximum atomic E-state index is 14.0. The lowest BCUT2D eigenvalue weighted by atomic mass is 9.48. The van der Waals surface area contributed by atoms with Gasteiger partial charge in [0.2, 0.25) is 0 Å². The van der Waals surface area contributed by atoms with Crippen molar-refractivity contribution < 1.29 is 48.3 Å². The molecule has 7 rings (SSSR count). The first-order valence-corrected chi connectivity index (χ1v) is 12.9. The summed E-state index contributed by atoms with van der Waals surface area (Å²) in [5, 5.41) is 35.2. The van der Waals surface area contributed by atoms with Gasteiger partial charge in [-0.25, -0.2) is 4.79 Å². The van der Waals surface area contributed by atoms with Crippen LogP contribution in [0.2, 0.25) is 0 Å². The van der Waals surface area contributed by atoms with Crippen molar-refractivity contribution in [3.8, 4) is 0 Å². The first kappa shape index (κ1) is 23.8. The van der Waals surface area contributed by atoms with Gasteiger partial charge in [-0.3, -0.25) is 9.59 Å². The maximum absolute atomic E-state index is 14.0. The van der Waals surface area contributed by atoms with E-state index in [0.717, 1.165) is 0 Å². The second-order valence-corrected chi connectivity index (χ2v) is 12.9. The Morgan fingerprint density at radius 3 is 2.62 bits per heavy atom. The second-order valence-electron chi connectivity index (χ2n) is 12.9. The van der Waals surface area contributed by atoms with Crippen LogP contribution in [0.4, 0.5) is 0 Å². The predicted octanol–water partition coefficient (Wildman–Crippen LogP) is 1.06. The minimum Gasteiger partial charge on any atom is -0.472 e.